The lowest BCUT2D eigenvalue weighted by atomic mass is 10.2. The number of carbonyl (C=O) groups is 1. The van der Waals surface area contributed by atoms with Gasteiger partial charge in [-0.3, -0.25) is 4.79 Å². The van der Waals surface area contributed by atoms with Gasteiger partial charge in [-0.05, 0) is 30.7 Å². The maximum Gasteiger partial charge on any atom is 0.231 e. The molecule has 0 saturated carbocycles. The molecule has 1 aromatic rings. The van der Waals surface area contributed by atoms with Crippen LogP contribution in [-0.2, 0) is 4.79 Å². The average Bonchev–Trinajstić information content (AvgIpc) is 2.28. The monoisotopic (exact) mass is 235 g/mol. The Labute approximate surface area is 98.8 Å². The van der Waals surface area contributed by atoms with Gasteiger partial charge in [-0.15, -0.1) is 11.8 Å². The first-order valence-corrected chi connectivity index (χ1v) is 5.74. The van der Waals surface area contributed by atoms with Crippen LogP contribution in [0.15, 0.2) is 23.1 Å². The SMILES string of the molecule is Cc1cc(SCC(=O)NCC#N)ccc1N. The van der Waals surface area contributed by atoms with Gasteiger partial charge in [0.05, 0.1) is 11.8 Å². The van der Waals surface area contributed by atoms with Crippen molar-refractivity contribution < 1.29 is 4.79 Å². The minimum Gasteiger partial charge on any atom is -0.399 e. The summed E-state index contributed by atoms with van der Waals surface area (Å²) in [4.78, 5) is 12.2. The van der Waals surface area contributed by atoms with Gasteiger partial charge < -0.3 is 11.1 Å². The van der Waals surface area contributed by atoms with Crippen molar-refractivity contribution in [3.8, 4) is 6.07 Å². The summed E-state index contributed by atoms with van der Waals surface area (Å²) in [5.74, 6) is 0.173. The lowest BCUT2D eigenvalue weighted by Gasteiger charge is -2.04. The van der Waals surface area contributed by atoms with E-state index in [1.54, 1.807) is 0 Å². The van der Waals surface area contributed by atoms with Gasteiger partial charge in [0.25, 0.3) is 0 Å². The number of nitriles is 1. The van der Waals surface area contributed by atoms with Crippen LogP contribution in [0, 0.1) is 18.3 Å². The summed E-state index contributed by atoms with van der Waals surface area (Å²) in [5.41, 5.74) is 7.44. The van der Waals surface area contributed by atoms with Crippen molar-refractivity contribution in [1.82, 2.24) is 5.32 Å². The maximum atomic E-state index is 11.2. The molecule has 3 N–H and O–H groups in total. The van der Waals surface area contributed by atoms with E-state index >= 15 is 0 Å². The summed E-state index contributed by atoms with van der Waals surface area (Å²) in [7, 11) is 0. The molecule has 1 aromatic carbocycles. The molecule has 0 bridgehead atoms. The Morgan fingerprint density at radius 2 is 2.38 bits per heavy atom. The Morgan fingerprint density at radius 3 is 3.00 bits per heavy atom. The molecule has 0 spiro atoms. The van der Waals surface area contributed by atoms with E-state index < -0.39 is 0 Å². The zero-order valence-electron chi connectivity index (χ0n) is 8.99. The number of anilines is 1. The van der Waals surface area contributed by atoms with E-state index in [-0.39, 0.29) is 12.5 Å². The molecule has 0 atom stereocenters. The lowest BCUT2D eigenvalue weighted by molar-refractivity contribution is -0.118. The Morgan fingerprint density at radius 1 is 1.62 bits per heavy atom. The lowest BCUT2D eigenvalue weighted by Crippen LogP contribution is -2.25. The number of amides is 1. The molecule has 16 heavy (non-hydrogen) atoms. The highest BCUT2D eigenvalue weighted by Crippen LogP contribution is 2.21. The molecule has 4 nitrogen and oxygen atoms in total. The van der Waals surface area contributed by atoms with Gasteiger partial charge in [-0.2, -0.15) is 5.26 Å². The number of rotatable bonds is 4. The molecule has 0 radical (unpaired) electrons. The fourth-order valence-corrected chi connectivity index (χ4v) is 1.90. The summed E-state index contributed by atoms with van der Waals surface area (Å²) >= 11 is 1.42. The molecule has 1 amide bonds. The first-order valence-electron chi connectivity index (χ1n) is 4.76. The van der Waals surface area contributed by atoms with Crippen LogP contribution in [0.1, 0.15) is 5.56 Å². The van der Waals surface area contributed by atoms with E-state index in [0.29, 0.717) is 5.75 Å². The van der Waals surface area contributed by atoms with Crippen LogP contribution < -0.4 is 11.1 Å². The molecule has 0 heterocycles. The van der Waals surface area contributed by atoms with Crippen molar-refractivity contribution in [3.63, 3.8) is 0 Å². The standard InChI is InChI=1S/C11H13N3OS/c1-8-6-9(2-3-10(8)13)16-7-11(15)14-5-4-12/h2-3,6H,5,7,13H2,1H3,(H,14,15). The molecule has 1 rings (SSSR count). The van der Waals surface area contributed by atoms with Crippen LogP contribution in [0.3, 0.4) is 0 Å². The maximum absolute atomic E-state index is 11.2. The molecular weight excluding hydrogens is 222 g/mol. The fraction of sp³-hybridized carbons (Fsp3) is 0.273. The summed E-state index contributed by atoms with van der Waals surface area (Å²) in [6, 6.07) is 7.50. The van der Waals surface area contributed by atoms with Gasteiger partial charge in [0, 0.05) is 10.6 Å². The van der Waals surface area contributed by atoms with Gasteiger partial charge in [0.1, 0.15) is 6.54 Å². The van der Waals surface area contributed by atoms with E-state index in [1.807, 2.05) is 31.2 Å². The van der Waals surface area contributed by atoms with Crippen LogP contribution in [0.5, 0.6) is 0 Å². The Hall–Kier alpha value is -1.67. The van der Waals surface area contributed by atoms with Crippen LogP contribution in [0.4, 0.5) is 5.69 Å². The molecule has 0 aliphatic heterocycles. The van der Waals surface area contributed by atoms with E-state index in [9.17, 15) is 4.79 Å². The van der Waals surface area contributed by atoms with E-state index in [4.69, 9.17) is 11.0 Å². The molecule has 0 aromatic heterocycles. The summed E-state index contributed by atoms with van der Waals surface area (Å²) in [6.45, 7) is 1.98. The van der Waals surface area contributed by atoms with Crippen molar-refractivity contribution >= 4 is 23.4 Å². The predicted octanol–water partition coefficient (Wildman–Crippen LogP) is 1.31. The number of nitrogen functional groups attached to an aromatic ring is 1. The topological polar surface area (TPSA) is 78.9 Å². The third-order valence-corrected chi connectivity index (χ3v) is 2.97. The third kappa shape index (κ3) is 3.83. The van der Waals surface area contributed by atoms with E-state index in [1.165, 1.54) is 11.8 Å². The van der Waals surface area contributed by atoms with Gasteiger partial charge in [0.2, 0.25) is 5.91 Å². The fourth-order valence-electron chi connectivity index (χ4n) is 1.08. The molecule has 84 valence electrons. The summed E-state index contributed by atoms with van der Waals surface area (Å²) in [5, 5.41) is 10.8. The van der Waals surface area contributed by atoms with Gasteiger partial charge >= 0.3 is 0 Å². The van der Waals surface area contributed by atoms with Crippen LogP contribution in [0.2, 0.25) is 0 Å². The zero-order valence-corrected chi connectivity index (χ0v) is 9.80. The highest BCUT2D eigenvalue weighted by molar-refractivity contribution is 8.00. The highest BCUT2D eigenvalue weighted by atomic mass is 32.2. The smallest absolute Gasteiger partial charge is 0.231 e. The number of nitrogens with one attached hydrogen (secondary N) is 1. The van der Waals surface area contributed by atoms with E-state index in [0.717, 1.165) is 16.1 Å². The Bertz CT molecular complexity index is 426. The van der Waals surface area contributed by atoms with Gasteiger partial charge in [-0.25, -0.2) is 0 Å². The van der Waals surface area contributed by atoms with Crippen molar-refractivity contribution in [2.75, 3.05) is 18.0 Å². The van der Waals surface area contributed by atoms with Crippen molar-refractivity contribution in [1.29, 1.82) is 5.26 Å². The van der Waals surface area contributed by atoms with Crippen LogP contribution in [0.25, 0.3) is 0 Å². The number of benzene rings is 1. The Kier molecular flexibility index (Phi) is 4.67. The second kappa shape index (κ2) is 6.03. The first kappa shape index (κ1) is 12.4. The van der Waals surface area contributed by atoms with Crippen LogP contribution in [-0.4, -0.2) is 18.2 Å². The van der Waals surface area contributed by atoms with Crippen molar-refractivity contribution in [3.05, 3.63) is 23.8 Å². The predicted molar refractivity (Wildman–Crippen MR) is 64.9 cm³/mol. The van der Waals surface area contributed by atoms with Crippen LogP contribution >= 0.6 is 11.8 Å². The summed E-state index contributed by atoms with van der Waals surface area (Å²) in [6.07, 6.45) is 0. The summed E-state index contributed by atoms with van der Waals surface area (Å²) < 4.78 is 0. The molecule has 0 unspecified atom stereocenters. The average molecular weight is 235 g/mol. The number of carbonyl (C=O) groups excluding carboxylic acids is 1. The zero-order chi connectivity index (χ0) is 12.0. The Balaban J connectivity index is 2.46. The minimum absolute atomic E-state index is 0.0557. The van der Waals surface area contributed by atoms with E-state index in [2.05, 4.69) is 5.32 Å². The quantitative estimate of drug-likeness (QED) is 0.468. The number of nitrogens with zero attached hydrogens (tertiary/aromatic N) is 1. The molecule has 0 fully saturated rings. The normalized spacial score (nSPS) is 9.50. The second-order valence-corrected chi connectivity index (χ2v) is 4.29. The highest BCUT2D eigenvalue weighted by Gasteiger charge is 2.02. The number of thioether (sulfide) groups is 1. The van der Waals surface area contributed by atoms with Crippen molar-refractivity contribution in [2.24, 2.45) is 0 Å². The number of hydrogen-bond acceptors (Lipinski definition) is 4. The number of hydrogen-bond donors (Lipinski definition) is 2. The molecular formula is C11H13N3OS. The molecule has 0 aliphatic rings. The first-order chi connectivity index (χ1) is 7.63. The largest absolute Gasteiger partial charge is 0.399 e. The molecule has 0 aliphatic carbocycles. The molecule has 0 saturated heterocycles. The molecule has 5 heteroatoms. The minimum atomic E-state index is -0.138. The number of nitrogens with two attached hydrogens (primary N) is 1. The van der Waals surface area contributed by atoms with Crippen molar-refractivity contribution in [2.45, 2.75) is 11.8 Å². The van der Waals surface area contributed by atoms with Gasteiger partial charge in [0.15, 0.2) is 0 Å². The van der Waals surface area contributed by atoms with Gasteiger partial charge in [-0.1, -0.05) is 0 Å². The number of aryl methyl sites for hydroxylation is 1. The third-order valence-electron chi connectivity index (χ3n) is 1.98. The second-order valence-electron chi connectivity index (χ2n) is 3.24.